The average Bonchev–Trinajstić information content (AvgIpc) is 2.45. The molecule has 0 aromatic heterocycles. The summed E-state index contributed by atoms with van der Waals surface area (Å²) in [6.07, 6.45) is 0. The van der Waals surface area contributed by atoms with E-state index in [4.69, 9.17) is 5.26 Å². The molecule has 0 unspecified atom stereocenters. The fraction of sp³-hybridized carbons (Fsp3) is 0.188. The highest BCUT2D eigenvalue weighted by molar-refractivity contribution is 5.54. The van der Waals surface area contributed by atoms with Crippen LogP contribution in [0, 0.1) is 17.1 Å². The smallest absolute Gasteiger partial charge is 0.124 e. The number of nitriles is 1. The number of rotatable bonds is 4. The highest BCUT2D eigenvalue weighted by Crippen LogP contribution is 2.17. The number of hydrogen-bond donors (Lipinski definition) is 1. The molecular formula is C16H16FN3. The molecule has 102 valence electrons. The van der Waals surface area contributed by atoms with Crippen molar-refractivity contribution < 1.29 is 4.39 Å². The molecule has 0 heterocycles. The van der Waals surface area contributed by atoms with Gasteiger partial charge in [0.05, 0.1) is 11.6 Å². The first-order valence-corrected chi connectivity index (χ1v) is 6.29. The minimum atomic E-state index is -0.385. The van der Waals surface area contributed by atoms with Crippen LogP contribution in [0.2, 0.25) is 0 Å². The number of anilines is 2. The maximum Gasteiger partial charge on any atom is 0.124 e. The Kier molecular flexibility index (Phi) is 4.21. The van der Waals surface area contributed by atoms with Gasteiger partial charge in [-0.2, -0.15) is 5.26 Å². The molecule has 0 amide bonds. The molecule has 2 aromatic rings. The fourth-order valence-electron chi connectivity index (χ4n) is 1.90. The Morgan fingerprint density at radius 3 is 2.45 bits per heavy atom. The van der Waals surface area contributed by atoms with Crippen molar-refractivity contribution in [2.24, 2.45) is 0 Å². The lowest BCUT2D eigenvalue weighted by Crippen LogP contribution is -2.08. The van der Waals surface area contributed by atoms with E-state index in [2.05, 4.69) is 5.32 Å². The second-order valence-electron chi connectivity index (χ2n) is 4.75. The summed E-state index contributed by atoms with van der Waals surface area (Å²) in [5.74, 6) is -0.385. The first-order chi connectivity index (χ1) is 9.58. The van der Waals surface area contributed by atoms with Crippen molar-refractivity contribution in [3.05, 3.63) is 59.4 Å². The molecule has 0 radical (unpaired) electrons. The van der Waals surface area contributed by atoms with E-state index < -0.39 is 0 Å². The van der Waals surface area contributed by atoms with Crippen molar-refractivity contribution in [1.82, 2.24) is 0 Å². The van der Waals surface area contributed by atoms with Crippen molar-refractivity contribution >= 4 is 11.4 Å². The number of hydrogen-bond acceptors (Lipinski definition) is 3. The summed E-state index contributed by atoms with van der Waals surface area (Å²) in [5.41, 5.74) is 3.16. The van der Waals surface area contributed by atoms with Gasteiger partial charge in [-0.25, -0.2) is 4.39 Å². The molecular weight excluding hydrogens is 253 g/mol. The SMILES string of the molecule is CN(C)c1ccc(NCc2cc(F)cc(C#N)c2)cc1. The van der Waals surface area contributed by atoms with E-state index >= 15 is 0 Å². The predicted molar refractivity (Wildman–Crippen MR) is 79.2 cm³/mol. The van der Waals surface area contributed by atoms with Gasteiger partial charge in [-0.1, -0.05) is 0 Å². The summed E-state index contributed by atoms with van der Waals surface area (Å²) in [6, 6.07) is 14.3. The summed E-state index contributed by atoms with van der Waals surface area (Å²) in [4.78, 5) is 2.02. The Balaban J connectivity index is 2.05. The molecule has 0 bridgehead atoms. The quantitative estimate of drug-likeness (QED) is 0.924. The molecule has 1 N–H and O–H groups in total. The third kappa shape index (κ3) is 3.48. The Bertz CT molecular complexity index is 627. The van der Waals surface area contributed by atoms with E-state index in [0.717, 1.165) is 16.9 Å². The van der Waals surface area contributed by atoms with Crippen LogP contribution in [0.5, 0.6) is 0 Å². The lowest BCUT2D eigenvalue weighted by molar-refractivity contribution is 0.625. The van der Waals surface area contributed by atoms with Crippen molar-refractivity contribution in [2.75, 3.05) is 24.3 Å². The van der Waals surface area contributed by atoms with Crippen LogP contribution in [0.4, 0.5) is 15.8 Å². The minimum absolute atomic E-state index is 0.338. The molecule has 0 aliphatic heterocycles. The summed E-state index contributed by atoms with van der Waals surface area (Å²) < 4.78 is 13.3. The Morgan fingerprint density at radius 1 is 1.15 bits per heavy atom. The standard InChI is InChI=1S/C16H16FN3/c1-20(2)16-5-3-15(4-6-16)19-11-13-7-12(10-18)8-14(17)9-13/h3-9,19H,11H2,1-2H3. The van der Waals surface area contributed by atoms with Crippen molar-refractivity contribution in [3.63, 3.8) is 0 Å². The molecule has 20 heavy (non-hydrogen) atoms. The van der Waals surface area contributed by atoms with Gasteiger partial charge in [0.25, 0.3) is 0 Å². The number of halogens is 1. The van der Waals surface area contributed by atoms with Crippen LogP contribution in [-0.4, -0.2) is 14.1 Å². The largest absolute Gasteiger partial charge is 0.381 e. The van der Waals surface area contributed by atoms with Gasteiger partial charge in [0.2, 0.25) is 0 Å². The van der Waals surface area contributed by atoms with Crippen LogP contribution in [-0.2, 0) is 6.54 Å². The number of nitrogens with one attached hydrogen (secondary N) is 1. The van der Waals surface area contributed by atoms with Crippen LogP contribution in [0.3, 0.4) is 0 Å². The molecule has 0 atom stereocenters. The molecule has 0 spiro atoms. The van der Waals surface area contributed by atoms with Gasteiger partial charge in [-0.3, -0.25) is 0 Å². The molecule has 2 aromatic carbocycles. The maximum absolute atomic E-state index is 13.3. The summed E-state index contributed by atoms with van der Waals surface area (Å²) >= 11 is 0. The third-order valence-electron chi connectivity index (χ3n) is 2.97. The third-order valence-corrected chi connectivity index (χ3v) is 2.97. The van der Waals surface area contributed by atoms with Crippen molar-refractivity contribution in [1.29, 1.82) is 5.26 Å². The van der Waals surface area contributed by atoms with Gasteiger partial charge in [-0.05, 0) is 48.0 Å². The highest BCUT2D eigenvalue weighted by Gasteiger charge is 2.01. The topological polar surface area (TPSA) is 39.1 Å². The van der Waals surface area contributed by atoms with Gasteiger partial charge in [0, 0.05) is 32.0 Å². The molecule has 3 nitrogen and oxygen atoms in total. The van der Waals surface area contributed by atoms with Gasteiger partial charge in [0.15, 0.2) is 0 Å². The van der Waals surface area contributed by atoms with Gasteiger partial charge in [-0.15, -0.1) is 0 Å². The summed E-state index contributed by atoms with van der Waals surface area (Å²) in [5, 5.41) is 12.0. The normalized spacial score (nSPS) is 9.90. The highest BCUT2D eigenvalue weighted by atomic mass is 19.1. The van der Waals surface area contributed by atoms with Crippen LogP contribution < -0.4 is 10.2 Å². The van der Waals surface area contributed by atoms with Crippen molar-refractivity contribution in [3.8, 4) is 6.07 Å². The minimum Gasteiger partial charge on any atom is -0.381 e. The molecule has 2 rings (SSSR count). The molecule has 0 fully saturated rings. The molecule has 0 saturated carbocycles. The van der Waals surface area contributed by atoms with Crippen molar-refractivity contribution in [2.45, 2.75) is 6.54 Å². The van der Waals surface area contributed by atoms with E-state index in [9.17, 15) is 4.39 Å². The van der Waals surface area contributed by atoms with Crippen LogP contribution >= 0.6 is 0 Å². The predicted octanol–water partition coefficient (Wildman–Crippen LogP) is 3.38. The zero-order chi connectivity index (χ0) is 14.5. The Hall–Kier alpha value is -2.54. The molecule has 0 aliphatic carbocycles. The van der Waals surface area contributed by atoms with E-state index in [-0.39, 0.29) is 5.82 Å². The van der Waals surface area contributed by atoms with E-state index in [1.807, 2.05) is 49.3 Å². The lowest BCUT2D eigenvalue weighted by atomic mass is 10.1. The maximum atomic E-state index is 13.3. The molecule has 0 aliphatic rings. The number of benzene rings is 2. The van der Waals surface area contributed by atoms with E-state index in [0.29, 0.717) is 12.1 Å². The van der Waals surface area contributed by atoms with Gasteiger partial charge < -0.3 is 10.2 Å². The Labute approximate surface area is 118 Å². The zero-order valence-corrected chi connectivity index (χ0v) is 11.5. The molecule has 4 heteroatoms. The van der Waals surface area contributed by atoms with Gasteiger partial charge in [0.1, 0.15) is 5.82 Å². The first kappa shape index (κ1) is 13.9. The fourth-order valence-corrected chi connectivity index (χ4v) is 1.90. The van der Waals surface area contributed by atoms with Gasteiger partial charge >= 0.3 is 0 Å². The summed E-state index contributed by atoms with van der Waals surface area (Å²) in [6.45, 7) is 0.480. The van der Waals surface area contributed by atoms with Crippen LogP contribution in [0.25, 0.3) is 0 Å². The first-order valence-electron chi connectivity index (χ1n) is 6.29. The summed E-state index contributed by atoms with van der Waals surface area (Å²) in [7, 11) is 3.97. The monoisotopic (exact) mass is 269 g/mol. The zero-order valence-electron chi connectivity index (χ0n) is 11.5. The van der Waals surface area contributed by atoms with Crippen LogP contribution in [0.1, 0.15) is 11.1 Å². The van der Waals surface area contributed by atoms with E-state index in [1.165, 1.54) is 12.1 Å². The second-order valence-corrected chi connectivity index (χ2v) is 4.75. The average molecular weight is 269 g/mol. The van der Waals surface area contributed by atoms with Crippen LogP contribution in [0.15, 0.2) is 42.5 Å². The lowest BCUT2D eigenvalue weighted by Gasteiger charge is -2.13. The Morgan fingerprint density at radius 2 is 1.85 bits per heavy atom. The molecule has 0 saturated heterocycles. The van der Waals surface area contributed by atoms with E-state index in [1.54, 1.807) is 6.07 Å². The number of nitrogens with zero attached hydrogens (tertiary/aromatic N) is 2. The second kappa shape index (κ2) is 6.07.